The Morgan fingerprint density at radius 3 is 2.60 bits per heavy atom. The number of halogens is 1. The van der Waals surface area contributed by atoms with Crippen LogP contribution >= 0.6 is 15.9 Å². The average molecular weight is 331 g/mol. The zero-order chi connectivity index (χ0) is 13.9. The monoisotopic (exact) mass is 330 g/mol. The van der Waals surface area contributed by atoms with E-state index in [2.05, 4.69) is 21.2 Å². The van der Waals surface area contributed by atoms with E-state index in [-0.39, 0.29) is 5.91 Å². The lowest BCUT2D eigenvalue weighted by Gasteiger charge is -2.26. The number of anilines is 1. The number of benzene rings is 2. The van der Waals surface area contributed by atoms with Gasteiger partial charge in [-0.05, 0) is 35.9 Å². The third-order valence-corrected chi connectivity index (χ3v) is 3.99. The summed E-state index contributed by atoms with van der Waals surface area (Å²) in [7, 11) is 0. The van der Waals surface area contributed by atoms with Crippen LogP contribution in [-0.2, 0) is 6.54 Å². The van der Waals surface area contributed by atoms with E-state index in [4.69, 9.17) is 0 Å². The van der Waals surface area contributed by atoms with Crippen LogP contribution in [0.1, 0.15) is 15.9 Å². The van der Waals surface area contributed by atoms with Gasteiger partial charge in [0.1, 0.15) is 0 Å². The van der Waals surface area contributed by atoms with Gasteiger partial charge < -0.3 is 10.2 Å². The van der Waals surface area contributed by atoms with Gasteiger partial charge in [-0.2, -0.15) is 0 Å². The summed E-state index contributed by atoms with van der Waals surface area (Å²) in [6, 6.07) is 15.6. The maximum absolute atomic E-state index is 12.8. The van der Waals surface area contributed by atoms with Crippen molar-refractivity contribution in [3.8, 4) is 0 Å². The van der Waals surface area contributed by atoms with E-state index in [1.54, 1.807) is 0 Å². The maximum atomic E-state index is 12.8. The summed E-state index contributed by atoms with van der Waals surface area (Å²) in [6.07, 6.45) is 0. The van der Waals surface area contributed by atoms with E-state index in [1.165, 1.54) is 0 Å². The van der Waals surface area contributed by atoms with Crippen molar-refractivity contribution in [2.45, 2.75) is 6.54 Å². The molecule has 1 N–H and O–H groups in total. The quantitative estimate of drug-likeness (QED) is 0.870. The number of nitrogens with zero attached hydrogens (tertiary/aromatic N) is 1. The summed E-state index contributed by atoms with van der Waals surface area (Å²) in [4.78, 5) is 14.6. The molecule has 102 valence electrons. The first-order valence-electron chi connectivity index (χ1n) is 6.62. The Bertz CT molecular complexity index is 625. The van der Waals surface area contributed by atoms with Crippen LogP contribution in [0.15, 0.2) is 53.0 Å². The van der Waals surface area contributed by atoms with Gasteiger partial charge in [0.25, 0.3) is 5.91 Å². The summed E-state index contributed by atoms with van der Waals surface area (Å²) in [5.74, 6) is 0.0735. The molecule has 0 atom stereocenters. The van der Waals surface area contributed by atoms with Crippen molar-refractivity contribution in [2.75, 3.05) is 18.0 Å². The predicted molar refractivity (Wildman–Crippen MR) is 84.0 cm³/mol. The molecular weight excluding hydrogens is 316 g/mol. The Morgan fingerprint density at radius 1 is 1.05 bits per heavy atom. The Hall–Kier alpha value is -1.65. The molecule has 0 fully saturated rings. The van der Waals surface area contributed by atoms with Gasteiger partial charge in [-0.15, -0.1) is 0 Å². The van der Waals surface area contributed by atoms with E-state index in [9.17, 15) is 4.79 Å². The summed E-state index contributed by atoms with van der Waals surface area (Å²) in [5.41, 5.74) is 2.76. The van der Waals surface area contributed by atoms with E-state index >= 15 is 0 Å². The van der Waals surface area contributed by atoms with E-state index in [0.717, 1.165) is 34.4 Å². The molecule has 0 radical (unpaired) electrons. The average Bonchev–Trinajstić information content (AvgIpc) is 2.47. The largest absolute Gasteiger partial charge is 0.311 e. The first-order chi connectivity index (χ1) is 9.75. The maximum Gasteiger partial charge on any atom is 0.258 e. The number of carbonyl (C=O) groups is 1. The van der Waals surface area contributed by atoms with Gasteiger partial charge in [0, 0.05) is 35.4 Å². The van der Waals surface area contributed by atoms with Gasteiger partial charge >= 0.3 is 0 Å². The summed E-state index contributed by atoms with van der Waals surface area (Å²) >= 11 is 3.42. The standard InChI is InChI=1S/C16H15BrN2O/c17-13-5-7-14(8-6-13)19-10-9-18-11-12-3-1-2-4-15(12)16(19)20/h1-8,18H,9-11H2. The second kappa shape index (κ2) is 5.77. The molecule has 3 rings (SSSR count). The minimum Gasteiger partial charge on any atom is -0.311 e. The second-order valence-corrected chi connectivity index (χ2v) is 5.68. The number of nitrogens with one attached hydrogen (secondary N) is 1. The van der Waals surface area contributed by atoms with Crippen LogP contribution in [0.5, 0.6) is 0 Å². The smallest absolute Gasteiger partial charge is 0.258 e. The van der Waals surface area contributed by atoms with Crippen LogP contribution in [0.25, 0.3) is 0 Å². The van der Waals surface area contributed by atoms with Gasteiger partial charge in [-0.3, -0.25) is 4.79 Å². The lowest BCUT2D eigenvalue weighted by atomic mass is 10.0. The molecule has 0 saturated carbocycles. The van der Waals surface area contributed by atoms with Crippen molar-refractivity contribution in [3.05, 3.63) is 64.1 Å². The van der Waals surface area contributed by atoms with E-state index < -0.39 is 0 Å². The summed E-state index contributed by atoms with van der Waals surface area (Å²) in [5, 5.41) is 3.37. The highest BCUT2D eigenvalue weighted by molar-refractivity contribution is 9.10. The molecule has 1 aliphatic heterocycles. The molecule has 3 nitrogen and oxygen atoms in total. The van der Waals surface area contributed by atoms with Crippen molar-refractivity contribution in [3.63, 3.8) is 0 Å². The molecule has 1 amide bonds. The van der Waals surface area contributed by atoms with Gasteiger partial charge in [0.2, 0.25) is 0 Å². The van der Waals surface area contributed by atoms with Crippen molar-refractivity contribution in [1.82, 2.24) is 5.32 Å². The SMILES string of the molecule is O=C1c2ccccc2CNCCN1c1ccc(Br)cc1. The first-order valence-corrected chi connectivity index (χ1v) is 7.41. The van der Waals surface area contributed by atoms with Crippen LogP contribution in [0.2, 0.25) is 0 Å². The number of rotatable bonds is 1. The highest BCUT2D eigenvalue weighted by atomic mass is 79.9. The summed E-state index contributed by atoms with van der Waals surface area (Å²) in [6.45, 7) is 2.21. The fraction of sp³-hybridized carbons (Fsp3) is 0.188. The van der Waals surface area contributed by atoms with E-state index in [0.29, 0.717) is 6.54 Å². The molecule has 1 heterocycles. The summed E-state index contributed by atoms with van der Waals surface area (Å²) < 4.78 is 1.01. The Balaban J connectivity index is 2.00. The van der Waals surface area contributed by atoms with Crippen LogP contribution < -0.4 is 10.2 Å². The van der Waals surface area contributed by atoms with Crippen LogP contribution in [-0.4, -0.2) is 19.0 Å². The highest BCUT2D eigenvalue weighted by Crippen LogP contribution is 2.22. The molecule has 20 heavy (non-hydrogen) atoms. The molecule has 0 unspecified atom stereocenters. The number of hydrogen-bond donors (Lipinski definition) is 1. The fourth-order valence-corrected chi connectivity index (χ4v) is 2.68. The molecule has 2 aromatic rings. The van der Waals surface area contributed by atoms with Crippen molar-refractivity contribution in [2.24, 2.45) is 0 Å². The molecule has 0 bridgehead atoms. The number of carbonyl (C=O) groups excluding carboxylic acids is 1. The Kier molecular flexibility index (Phi) is 3.85. The van der Waals surface area contributed by atoms with Crippen molar-refractivity contribution < 1.29 is 4.79 Å². The van der Waals surface area contributed by atoms with Crippen molar-refractivity contribution >= 4 is 27.5 Å². The fourth-order valence-electron chi connectivity index (χ4n) is 2.41. The Morgan fingerprint density at radius 2 is 1.80 bits per heavy atom. The molecule has 2 aromatic carbocycles. The Labute approximate surface area is 126 Å². The lowest BCUT2D eigenvalue weighted by Crippen LogP contribution is -2.39. The molecule has 0 saturated heterocycles. The number of amides is 1. The number of hydrogen-bond acceptors (Lipinski definition) is 2. The lowest BCUT2D eigenvalue weighted by molar-refractivity contribution is 0.0984. The normalized spacial score (nSPS) is 15.4. The van der Waals surface area contributed by atoms with E-state index in [1.807, 2.05) is 53.4 Å². The molecule has 0 aromatic heterocycles. The number of fused-ring (bicyclic) bond motifs is 1. The second-order valence-electron chi connectivity index (χ2n) is 4.77. The highest BCUT2D eigenvalue weighted by Gasteiger charge is 2.21. The van der Waals surface area contributed by atoms with Gasteiger partial charge in [0.05, 0.1) is 0 Å². The van der Waals surface area contributed by atoms with Crippen LogP contribution in [0.4, 0.5) is 5.69 Å². The minimum atomic E-state index is 0.0735. The predicted octanol–water partition coefficient (Wildman–Crippen LogP) is 3.20. The third kappa shape index (κ3) is 2.62. The van der Waals surface area contributed by atoms with Crippen LogP contribution in [0.3, 0.4) is 0 Å². The molecule has 1 aliphatic rings. The first kappa shape index (κ1) is 13.3. The van der Waals surface area contributed by atoms with Gasteiger partial charge in [-0.25, -0.2) is 0 Å². The molecule has 4 heteroatoms. The van der Waals surface area contributed by atoms with Crippen LogP contribution in [0, 0.1) is 0 Å². The third-order valence-electron chi connectivity index (χ3n) is 3.46. The minimum absolute atomic E-state index is 0.0735. The van der Waals surface area contributed by atoms with Gasteiger partial charge in [-0.1, -0.05) is 34.1 Å². The molecule has 0 spiro atoms. The zero-order valence-electron chi connectivity index (χ0n) is 11.0. The topological polar surface area (TPSA) is 32.3 Å². The zero-order valence-corrected chi connectivity index (χ0v) is 12.6. The molecular formula is C16H15BrN2O. The van der Waals surface area contributed by atoms with Crippen molar-refractivity contribution in [1.29, 1.82) is 0 Å². The molecule has 0 aliphatic carbocycles. The van der Waals surface area contributed by atoms with Gasteiger partial charge in [0.15, 0.2) is 0 Å².